The van der Waals surface area contributed by atoms with Crippen molar-refractivity contribution in [3.63, 3.8) is 0 Å². The van der Waals surface area contributed by atoms with Gasteiger partial charge in [-0.3, -0.25) is 0 Å². The van der Waals surface area contributed by atoms with Crippen LogP contribution in [0.4, 0.5) is 5.82 Å². The highest BCUT2D eigenvalue weighted by Crippen LogP contribution is 2.35. The third kappa shape index (κ3) is 2.20. The largest absolute Gasteiger partial charge is 0.367 e. The minimum Gasteiger partial charge on any atom is -0.367 e. The average molecular weight is 258 g/mol. The van der Waals surface area contributed by atoms with Crippen molar-refractivity contribution in [2.45, 2.75) is 46.1 Å². The van der Waals surface area contributed by atoms with Crippen molar-refractivity contribution >= 4 is 11.5 Å². The molecule has 0 saturated heterocycles. The third-order valence-electron chi connectivity index (χ3n) is 4.61. The number of aromatic nitrogens is 3. The predicted octanol–water partition coefficient (Wildman–Crippen LogP) is 3.27. The molecule has 2 heterocycles. The molecule has 1 N–H and O–H groups in total. The quantitative estimate of drug-likeness (QED) is 0.918. The molecule has 1 aliphatic rings. The SMILES string of the molecule is CCC1CCC(Nc2cc(C)cc3ncnn23)C1C. The summed E-state index contributed by atoms with van der Waals surface area (Å²) < 4.78 is 1.90. The maximum atomic E-state index is 4.31. The molecule has 0 amide bonds. The van der Waals surface area contributed by atoms with Crippen molar-refractivity contribution in [3.05, 3.63) is 24.0 Å². The Hall–Kier alpha value is -1.58. The van der Waals surface area contributed by atoms with E-state index in [0.29, 0.717) is 6.04 Å². The molecule has 0 radical (unpaired) electrons. The van der Waals surface area contributed by atoms with E-state index in [9.17, 15) is 0 Å². The number of anilines is 1. The van der Waals surface area contributed by atoms with E-state index in [1.54, 1.807) is 6.33 Å². The summed E-state index contributed by atoms with van der Waals surface area (Å²) in [6, 6.07) is 4.78. The molecule has 0 aliphatic heterocycles. The van der Waals surface area contributed by atoms with Gasteiger partial charge in [-0.2, -0.15) is 9.61 Å². The second-order valence-electron chi connectivity index (χ2n) is 5.80. The van der Waals surface area contributed by atoms with E-state index in [4.69, 9.17) is 0 Å². The molecule has 3 atom stereocenters. The molecule has 2 aromatic heterocycles. The highest BCUT2D eigenvalue weighted by Gasteiger charge is 2.31. The van der Waals surface area contributed by atoms with Gasteiger partial charge in [-0.25, -0.2) is 4.98 Å². The van der Waals surface area contributed by atoms with Crippen molar-refractivity contribution in [2.75, 3.05) is 5.32 Å². The standard InChI is InChI=1S/C15H22N4/c1-4-12-5-6-13(11(12)3)18-15-8-10(2)7-14-16-9-17-19(14)15/h7-9,11-13,18H,4-6H2,1-3H3. The van der Waals surface area contributed by atoms with E-state index >= 15 is 0 Å². The van der Waals surface area contributed by atoms with E-state index in [0.717, 1.165) is 23.3 Å². The van der Waals surface area contributed by atoms with E-state index in [-0.39, 0.29) is 0 Å². The molecule has 4 nitrogen and oxygen atoms in total. The molecule has 0 aromatic carbocycles. The molecule has 19 heavy (non-hydrogen) atoms. The van der Waals surface area contributed by atoms with Gasteiger partial charge >= 0.3 is 0 Å². The van der Waals surface area contributed by atoms with Crippen LogP contribution in [-0.4, -0.2) is 20.6 Å². The van der Waals surface area contributed by atoms with Crippen molar-refractivity contribution in [1.29, 1.82) is 0 Å². The average Bonchev–Trinajstić information content (AvgIpc) is 2.97. The van der Waals surface area contributed by atoms with Gasteiger partial charge in [-0.1, -0.05) is 20.3 Å². The first-order valence-corrected chi connectivity index (χ1v) is 7.26. The summed E-state index contributed by atoms with van der Waals surface area (Å²) in [6.45, 7) is 6.77. The fourth-order valence-electron chi connectivity index (χ4n) is 3.38. The summed E-state index contributed by atoms with van der Waals surface area (Å²) in [6.07, 6.45) is 5.49. The number of aryl methyl sites for hydroxylation is 1. The van der Waals surface area contributed by atoms with Crippen LogP contribution in [0.1, 0.15) is 38.7 Å². The zero-order valence-corrected chi connectivity index (χ0v) is 11.9. The topological polar surface area (TPSA) is 42.2 Å². The highest BCUT2D eigenvalue weighted by atomic mass is 15.3. The number of hydrogen-bond donors (Lipinski definition) is 1. The summed E-state index contributed by atoms with van der Waals surface area (Å²) in [7, 11) is 0. The molecular weight excluding hydrogens is 236 g/mol. The lowest BCUT2D eigenvalue weighted by Crippen LogP contribution is -2.25. The molecule has 1 fully saturated rings. The normalized spacial score (nSPS) is 27.0. The second-order valence-corrected chi connectivity index (χ2v) is 5.80. The molecule has 3 rings (SSSR count). The van der Waals surface area contributed by atoms with Crippen molar-refractivity contribution in [3.8, 4) is 0 Å². The van der Waals surface area contributed by atoms with E-state index in [1.807, 2.05) is 4.52 Å². The molecule has 4 heteroatoms. The number of nitrogens with zero attached hydrogens (tertiary/aromatic N) is 3. The van der Waals surface area contributed by atoms with Crippen LogP contribution in [-0.2, 0) is 0 Å². The van der Waals surface area contributed by atoms with Gasteiger partial charge in [-0.15, -0.1) is 0 Å². The lowest BCUT2D eigenvalue weighted by atomic mass is 9.93. The molecule has 3 unspecified atom stereocenters. The number of nitrogens with one attached hydrogen (secondary N) is 1. The Bertz CT molecular complexity index is 575. The third-order valence-corrected chi connectivity index (χ3v) is 4.61. The molecule has 1 aliphatic carbocycles. The van der Waals surface area contributed by atoms with Crippen LogP contribution in [0.5, 0.6) is 0 Å². The van der Waals surface area contributed by atoms with Crippen molar-refractivity contribution < 1.29 is 0 Å². The molecule has 1 saturated carbocycles. The number of pyridine rings is 1. The second kappa shape index (κ2) is 4.83. The van der Waals surface area contributed by atoms with Gasteiger partial charge in [0, 0.05) is 6.04 Å². The maximum absolute atomic E-state index is 4.31. The smallest absolute Gasteiger partial charge is 0.157 e. The summed E-state index contributed by atoms with van der Waals surface area (Å²) in [5, 5.41) is 7.99. The van der Waals surface area contributed by atoms with Crippen molar-refractivity contribution in [2.24, 2.45) is 11.8 Å². The summed E-state index contributed by atoms with van der Waals surface area (Å²) >= 11 is 0. The predicted molar refractivity (Wildman–Crippen MR) is 77.3 cm³/mol. The fourth-order valence-corrected chi connectivity index (χ4v) is 3.38. The Kier molecular flexibility index (Phi) is 3.17. The number of fused-ring (bicyclic) bond motifs is 1. The molecule has 2 aromatic rings. The van der Waals surface area contributed by atoms with Crippen LogP contribution in [0, 0.1) is 18.8 Å². The minimum absolute atomic E-state index is 0.555. The summed E-state index contributed by atoms with van der Waals surface area (Å²) in [4.78, 5) is 4.28. The Balaban J connectivity index is 1.87. The van der Waals surface area contributed by atoms with Crippen LogP contribution >= 0.6 is 0 Å². The zero-order chi connectivity index (χ0) is 13.4. The first kappa shape index (κ1) is 12.5. The van der Waals surface area contributed by atoms with Gasteiger partial charge in [-0.05, 0) is 49.3 Å². The Morgan fingerprint density at radius 2 is 2.21 bits per heavy atom. The molecular formula is C15H22N4. The number of rotatable bonds is 3. The Labute approximate surface area is 114 Å². The van der Waals surface area contributed by atoms with Crippen LogP contribution in [0.25, 0.3) is 5.65 Å². The maximum Gasteiger partial charge on any atom is 0.157 e. The summed E-state index contributed by atoms with van der Waals surface area (Å²) in [5.41, 5.74) is 2.14. The van der Waals surface area contributed by atoms with E-state index in [2.05, 4.69) is 48.3 Å². The summed E-state index contributed by atoms with van der Waals surface area (Å²) in [5.74, 6) is 2.65. The number of hydrogen-bond acceptors (Lipinski definition) is 3. The van der Waals surface area contributed by atoms with Crippen LogP contribution in [0.15, 0.2) is 18.5 Å². The van der Waals surface area contributed by atoms with Gasteiger partial charge in [0.25, 0.3) is 0 Å². The Morgan fingerprint density at radius 1 is 1.37 bits per heavy atom. The molecule has 0 bridgehead atoms. The van der Waals surface area contributed by atoms with Gasteiger partial charge in [0.15, 0.2) is 5.65 Å². The monoisotopic (exact) mass is 258 g/mol. The van der Waals surface area contributed by atoms with Gasteiger partial charge in [0.1, 0.15) is 12.1 Å². The Morgan fingerprint density at radius 3 is 2.95 bits per heavy atom. The first-order valence-electron chi connectivity index (χ1n) is 7.26. The lowest BCUT2D eigenvalue weighted by molar-refractivity contribution is 0.391. The van der Waals surface area contributed by atoms with Gasteiger partial charge in [0.05, 0.1) is 0 Å². The highest BCUT2D eigenvalue weighted by molar-refractivity contribution is 5.51. The van der Waals surface area contributed by atoms with Gasteiger partial charge in [0.2, 0.25) is 0 Å². The first-order chi connectivity index (χ1) is 9.19. The lowest BCUT2D eigenvalue weighted by Gasteiger charge is -2.22. The van der Waals surface area contributed by atoms with Gasteiger partial charge < -0.3 is 5.32 Å². The minimum atomic E-state index is 0.555. The van der Waals surface area contributed by atoms with E-state index < -0.39 is 0 Å². The van der Waals surface area contributed by atoms with Crippen LogP contribution in [0.3, 0.4) is 0 Å². The van der Waals surface area contributed by atoms with E-state index in [1.165, 1.54) is 24.8 Å². The van der Waals surface area contributed by atoms with Crippen molar-refractivity contribution in [1.82, 2.24) is 14.6 Å². The van der Waals surface area contributed by atoms with Crippen LogP contribution < -0.4 is 5.32 Å². The fraction of sp³-hybridized carbons (Fsp3) is 0.600. The molecule has 0 spiro atoms. The zero-order valence-electron chi connectivity index (χ0n) is 11.9. The van der Waals surface area contributed by atoms with Crippen LogP contribution in [0.2, 0.25) is 0 Å². The molecule has 102 valence electrons.